The van der Waals surface area contributed by atoms with Crippen LogP contribution in [0.5, 0.6) is 34.5 Å². The first-order valence-electron chi connectivity index (χ1n) is 20.9. The first-order chi connectivity index (χ1) is 34.1. The van der Waals surface area contributed by atoms with Crippen LogP contribution in [0.3, 0.4) is 0 Å². The molecule has 0 radical (unpaired) electrons. The highest BCUT2D eigenvalue weighted by Crippen LogP contribution is 2.39. The van der Waals surface area contributed by atoms with Crippen molar-refractivity contribution in [2.45, 2.75) is 25.6 Å². The summed E-state index contributed by atoms with van der Waals surface area (Å²) in [6.07, 6.45) is -9.91. The zero-order valence-electron chi connectivity index (χ0n) is 37.3. The van der Waals surface area contributed by atoms with E-state index in [2.05, 4.69) is 0 Å². The zero-order valence-corrected chi connectivity index (χ0v) is 38.1. The molecule has 22 heteroatoms. The largest absolute Gasteiger partial charge is 0.485 e. The standard InChI is InChI=1S/C25H17ClF4N2O4.C25H19F4N3O4/c1-31-22(25(28,29)30)13-23(33)32(24(31)34)18-12-21(16(26)11-17(18)27)36-20-10-6-5-9-19(20)35-14-15-7-3-2-4-8-15;1-31-22(25(27,28)29)13-23(33)32(24(31)34)18-12-21(17(30)11-16(18)26)36-20-10-6-5-9-19(20)35-14-15-7-3-2-4-8-15/h2-13H,14H2,1H3;2-13H,14,30H2,1H3. The number of nitrogen functional groups attached to an aromatic ring is 1. The molecule has 8 rings (SSSR count). The second kappa shape index (κ2) is 21.2. The van der Waals surface area contributed by atoms with Crippen molar-refractivity contribution in [1.29, 1.82) is 0 Å². The Balaban J connectivity index is 0.000000211. The minimum Gasteiger partial charge on any atom is -0.485 e. The number of rotatable bonds is 12. The van der Waals surface area contributed by atoms with Crippen LogP contribution in [-0.2, 0) is 39.7 Å². The maximum absolute atomic E-state index is 14.8. The van der Waals surface area contributed by atoms with Crippen LogP contribution in [0, 0.1) is 11.6 Å². The second-order valence-electron chi connectivity index (χ2n) is 15.3. The molecule has 0 saturated carbocycles. The molecule has 0 aliphatic rings. The van der Waals surface area contributed by atoms with Gasteiger partial charge in [-0.25, -0.2) is 27.5 Å². The number of anilines is 1. The summed E-state index contributed by atoms with van der Waals surface area (Å²) in [6, 6.07) is 35.7. The Labute approximate surface area is 406 Å². The number of hydrogen-bond acceptors (Lipinski definition) is 9. The van der Waals surface area contributed by atoms with Crippen molar-refractivity contribution in [2.24, 2.45) is 14.1 Å². The van der Waals surface area contributed by atoms with E-state index in [0.29, 0.717) is 11.5 Å². The highest BCUT2D eigenvalue weighted by atomic mass is 35.5. The summed E-state index contributed by atoms with van der Waals surface area (Å²) in [4.78, 5) is 50.1. The van der Waals surface area contributed by atoms with E-state index in [0.717, 1.165) is 49.5 Å². The number of benzene rings is 6. The van der Waals surface area contributed by atoms with Crippen molar-refractivity contribution >= 4 is 17.3 Å². The maximum Gasteiger partial charge on any atom is 0.431 e. The summed E-state index contributed by atoms with van der Waals surface area (Å²) < 4.78 is 133. The Kier molecular flexibility index (Phi) is 15.1. The number of halogens is 9. The number of aromatic nitrogens is 4. The van der Waals surface area contributed by atoms with Gasteiger partial charge >= 0.3 is 23.7 Å². The molecule has 2 N–H and O–H groups in total. The van der Waals surface area contributed by atoms with Gasteiger partial charge in [0.05, 0.1) is 22.1 Å². The molecule has 0 fully saturated rings. The quantitative estimate of drug-likeness (QED) is 0.0932. The van der Waals surface area contributed by atoms with Gasteiger partial charge in [0.15, 0.2) is 28.7 Å². The van der Waals surface area contributed by atoms with Crippen LogP contribution in [0.1, 0.15) is 22.5 Å². The van der Waals surface area contributed by atoms with Gasteiger partial charge in [-0.2, -0.15) is 26.3 Å². The average Bonchev–Trinajstić information content (AvgIpc) is 3.33. The monoisotopic (exact) mass is 1020 g/mol. The van der Waals surface area contributed by atoms with Crippen molar-refractivity contribution in [3.05, 3.63) is 226 Å². The molecule has 6 aromatic carbocycles. The molecule has 0 atom stereocenters. The van der Waals surface area contributed by atoms with E-state index in [9.17, 15) is 54.3 Å². The third-order valence-electron chi connectivity index (χ3n) is 10.4. The molecule has 2 heterocycles. The third kappa shape index (κ3) is 11.5. The third-order valence-corrected chi connectivity index (χ3v) is 10.7. The highest BCUT2D eigenvalue weighted by Gasteiger charge is 2.36. The Morgan fingerprint density at radius 3 is 1.26 bits per heavy atom. The van der Waals surface area contributed by atoms with Gasteiger partial charge < -0.3 is 24.7 Å². The number of ether oxygens (including phenoxy) is 4. The SMILES string of the molecule is Cn1c(C(F)(F)F)cc(=O)n(-c2cc(Oc3ccccc3OCc3ccccc3)c(Cl)cc2F)c1=O.Cn1c(C(F)(F)F)cc(=O)n(-c2cc(Oc3ccccc3OCc3ccccc3)c(N)cc2F)c1=O. The Morgan fingerprint density at radius 2 is 0.847 bits per heavy atom. The molecule has 0 saturated heterocycles. The summed E-state index contributed by atoms with van der Waals surface area (Å²) in [5.41, 5.74) is -2.20. The Morgan fingerprint density at radius 1 is 0.486 bits per heavy atom. The predicted octanol–water partition coefficient (Wildman–Crippen LogP) is 10.4. The van der Waals surface area contributed by atoms with Crippen LogP contribution in [0.15, 0.2) is 165 Å². The molecule has 0 aliphatic heterocycles. The van der Waals surface area contributed by atoms with E-state index < -0.39 is 69.2 Å². The van der Waals surface area contributed by atoms with Gasteiger partial charge in [-0.3, -0.25) is 18.7 Å². The topological polar surface area (TPSA) is 151 Å². The van der Waals surface area contributed by atoms with Crippen molar-refractivity contribution in [2.75, 3.05) is 5.73 Å². The number of nitrogens with zero attached hydrogens (tertiary/aromatic N) is 4. The van der Waals surface area contributed by atoms with Crippen LogP contribution in [0.4, 0.5) is 40.8 Å². The van der Waals surface area contributed by atoms with Crippen molar-refractivity contribution < 1.29 is 54.1 Å². The average molecular weight is 1020 g/mol. The lowest BCUT2D eigenvalue weighted by atomic mass is 10.2. The van der Waals surface area contributed by atoms with E-state index in [1.54, 1.807) is 48.5 Å². The lowest BCUT2D eigenvalue weighted by Crippen LogP contribution is -2.41. The van der Waals surface area contributed by atoms with Gasteiger partial charge in [0, 0.05) is 44.4 Å². The van der Waals surface area contributed by atoms with E-state index >= 15 is 0 Å². The molecule has 2 aromatic heterocycles. The first kappa shape index (κ1) is 51.3. The fraction of sp³-hybridized carbons (Fsp3) is 0.120. The molecule has 0 aliphatic carbocycles. The van der Waals surface area contributed by atoms with E-state index in [4.69, 9.17) is 36.3 Å². The molecular formula is C50H36ClF8N5O8. The zero-order chi connectivity index (χ0) is 52.1. The summed E-state index contributed by atoms with van der Waals surface area (Å²) in [7, 11) is 1.65. The van der Waals surface area contributed by atoms with Gasteiger partial charge in [0.2, 0.25) is 0 Å². The van der Waals surface area contributed by atoms with Crippen molar-refractivity contribution in [3.8, 4) is 45.9 Å². The van der Waals surface area contributed by atoms with E-state index in [1.165, 1.54) is 0 Å². The molecule has 13 nitrogen and oxygen atoms in total. The fourth-order valence-corrected chi connectivity index (χ4v) is 7.03. The molecular weight excluding hydrogens is 986 g/mol. The number of hydrogen-bond donors (Lipinski definition) is 1. The minimum absolute atomic E-state index is 0.143. The molecule has 0 unspecified atom stereocenters. The van der Waals surface area contributed by atoms with Crippen LogP contribution >= 0.6 is 11.6 Å². The minimum atomic E-state index is -4.96. The molecule has 0 bridgehead atoms. The summed E-state index contributed by atoms with van der Waals surface area (Å²) >= 11 is 6.13. The smallest absolute Gasteiger partial charge is 0.431 e. The van der Waals surface area contributed by atoms with Crippen molar-refractivity contribution in [1.82, 2.24) is 18.3 Å². The van der Waals surface area contributed by atoms with Crippen LogP contribution in [0.25, 0.3) is 11.4 Å². The maximum atomic E-state index is 14.8. The lowest BCUT2D eigenvalue weighted by molar-refractivity contribution is -0.144. The van der Waals surface area contributed by atoms with E-state index in [-0.39, 0.29) is 77.3 Å². The molecule has 0 spiro atoms. The van der Waals surface area contributed by atoms with Crippen LogP contribution < -0.4 is 47.2 Å². The van der Waals surface area contributed by atoms with Gasteiger partial charge in [0.25, 0.3) is 11.1 Å². The van der Waals surface area contributed by atoms with Crippen molar-refractivity contribution in [3.63, 3.8) is 0 Å². The van der Waals surface area contributed by atoms with E-state index in [1.807, 2.05) is 60.7 Å². The van der Waals surface area contributed by atoms with Gasteiger partial charge in [0.1, 0.15) is 42.0 Å². The first-order valence-corrected chi connectivity index (χ1v) is 21.3. The fourth-order valence-electron chi connectivity index (χ4n) is 6.84. The normalized spacial score (nSPS) is 11.4. The van der Waals surface area contributed by atoms with Gasteiger partial charge in [-0.1, -0.05) is 96.5 Å². The summed E-state index contributed by atoms with van der Waals surface area (Å²) in [5, 5.41) is -0.203. The van der Waals surface area contributed by atoms with Gasteiger partial charge in [-0.15, -0.1) is 0 Å². The number of para-hydroxylation sites is 4. The summed E-state index contributed by atoms with van der Waals surface area (Å²) in [6.45, 7) is 0.447. The summed E-state index contributed by atoms with van der Waals surface area (Å²) in [5.74, 6) is -1.47. The molecule has 0 amide bonds. The number of nitrogens with two attached hydrogens (primary N) is 1. The number of alkyl halides is 6. The molecule has 8 aromatic rings. The lowest BCUT2D eigenvalue weighted by Gasteiger charge is -2.17. The predicted molar refractivity (Wildman–Crippen MR) is 248 cm³/mol. The molecule has 372 valence electrons. The Bertz CT molecular complexity index is 3290. The second-order valence-corrected chi connectivity index (χ2v) is 15.7. The molecule has 72 heavy (non-hydrogen) atoms. The van der Waals surface area contributed by atoms with Crippen LogP contribution in [-0.4, -0.2) is 18.3 Å². The van der Waals surface area contributed by atoms with Crippen LogP contribution in [0.2, 0.25) is 5.02 Å². The van der Waals surface area contributed by atoms with Gasteiger partial charge in [-0.05, 0) is 41.5 Å². The Hall–Kier alpha value is -8.59. The highest BCUT2D eigenvalue weighted by molar-refractivity contribution is 6.32.